The number of hydrogen-bond acceptors (Lipinski definition) is 4. The Morgan fingerprint density at radius 3 is 2.62 bits per heavy atom. The van der Waals surface area contributed by atoms with E-state index < -0.39 is 15.9 Å². The quantitative estimate of drug-likeness (QED) is 0.613. The largest absolute Gasteiger partial charge is 0.383 e. The molecule has 29 heavy (non-hydrogen) atoms. The highest BCUT2D eigenvalue weighted by Gasteiger charge is 2.22. The molecule has 1 amide bonds. The number of fused-ring (bicyclic) bond motifs is 1. The van der Waals surface area contributed by atoms with E-state index >= 15 is 0 Å². The fourth-order valence-corrected chi connectivity index (χ4v) is 4.13. The van der Waals surface area contributed by atoms with Crippen LogP contribution in [0.15, 0.2) is 54.7 Å². The number of amides is 1. The first-order valence-electron chi connectivity index (χ1n) is 9.20. The average molecular weight is 416 g/mol. The molecule has 0 unspecified atom stereocenters. The van der Waals surface area contributed by atoms with Crippen LogP contribution in [-0.4, -0.2) is 45.4 Å². The molecule has 7 nitrogen and oxygen atoms in total. The molecular weight excluding hydrogens is 390 g/mol. The maximum Gasteiger partial charge on any atom is 0.245 e. The number of ether oxygens (including phenoxy) is 1. The lowest BCUT2D eigenvalue weighted by Gasteiger charge is -2.23. The lowest BCUT2D eigenvalue weighted by Crippen LogP contribution is -2.37. The molecule has 3 rings (SSSR count). The lowest BCUT2D eigenvalue weighted by molar-refractivity contribution is -0.114. The first-order valence-corrected chi connectivity index (χ1v) is 11.1. The van der Waals surface area contributed by atoms with Gasteiger partial charge >= 0.3 is 0 Å². The van der Waals surface area contributed by atoms with Crippen LogP contribution >= 0.6 is 0 Å². The van der Waals surface area contributed by atoms with Crippen LogP contribution in [0.4, 0.5) is 11.4 Å². The third-order valence-electron chi connectivity index (χ3n) is 4.66. The summed E-state index contributed by atoms with van der Waals surface area (Å²) in [5.41, 5.74) is 2.93. The van der Waals surface area contributed by atoms with Crippen LogP contribution in [0.2, 0.25) is 0 Å². The third-order valence-corrected chi connectivity index (χ3v) is 5.79. The van der Waals surface area contributed by atoms with Gasteiger partial charge in [0.25, 0.3) is 0 Å². The number of aromatic nitrogens is 1. The summed E-state index contributed by atoms with van der Waals surface area (Å²) in [6.07, 6.45) is 3.07. The molecule has 0 aliphatic rings. The normalized spacial score (nSPS) is 11.6. The molecule has 0 atom stereocenters. The smallest absolute Gasteiger partial charge is 0.245 e. The molecule has 0 aliphatic carbocycles. The molecule has 1 aromatic heterocycles. The van der Waals surface area contributed by atoms with Gasteiger partial charge in [-0.2, -0.15) is 0 Å². The topological polar surface area (TPSA) is 80.6 Å². The highest BCUT2D eigenvalue weighted by molar-refractivity contribution is 7.92. The number of nitrogens with zero attached hydrogens (tertiary/aromatic N) is 2. The highest BCUT2D eigenvalue weighted by Crippen LogP contribution is 2.23. The number of carbonyl (C=O) groups is 1. The summed E-state index contributed by atoms with van der Waals surface area (Å²) < 4.78 is 32.9. The number of benzene rings is 2. The van der Waals surface area contributed by atoms with Gasteiger partial charge in [-0.25, -0.2) is 8.42 Å². The Morgan fingerprint density at radius 2 is 1.93 bits per heavy atom. The summed E-state index contributed by atoms with van der Waals surface area (Å²) in [6, 6.07) is 14.7. The van der Waals surface area contributed by atoms with Crippen LogP contribution in [0.25, 0.3) is 10.9 Å². The molecule has 154 valence electrons. The minimum absolute atomic E-state index is 0.295. The molecule has 0 radical (unpaired) electrons. The molecule has 0 aliphatic heterocycles. The predicted molar refractivity (Wildman–Crippen MR) is 116 cm³/mol. The molecule has 3 aromatic rings. The Kier molecular flexibility index (Phi) is 6.24. The van der Waals surface area contributed by atoms with Crippen molar-refractivity contribution in [1.29, 1.82) is 0 Å². The van der Waals surface area contributed by atoms with Crippen molar-refractivity contribution in [2.45, 2.75) is 13.5 Å². The SMILES string of the molecule is COCCn1ccc2cc(NC(=O)CN(c3ccccc3C)S(C)(=O)=O)ccc21. The number of methoxy groups -OCH3 is 1. The number of hydrogen-bond donors (Lipinski definition) is 1. The second kappa shape index (κ2) is 8.67. The summed E-state index contributed by atoms with van der Waals surface area (Å²) in [7, 11) is -1.95. The van der Waals surface area contributed by atoms with Crippen molar-refractivity contribution in [3.8, 4) is 0 Å². The monoisotopic (exact) mass is 415 g/mol. The zero-order chi connectivity index (χ0) is 21.0. The zero-order valence-corrected chi connectivity index (χ0v) is 17.6. The number of sulfonamides is 1. The molecule has 0 saturated heterocycles. The number of carbonyl (C=O) groups excluding carboxylic acids is 1. The minimum atomic E-state index is -3.61. The van der Waals surface area contributed by atoms with Gasteiger partial charge in [0.2, 0.25) is 15.9 Å². The van der Waals surface area contributed by atoms with Gasteiger partial charge in [-0.3, -0.25) is 9.10 Å². The number of para-hydroxylation sites is 1. The fraction of sp³-hybridized carbons (Fsp3) is 0.286. The van der Waals surface area contributed by atoms with E-state index in [2.05, 4.69) is 9.88 Å². The Labute approximate surface area is 170 Å². The first kappa shape index (κ1) is 20.9. The highest BCUT2D eigenvalue weighted by atomic mass is 32.2. The van der Waals surface area contributed by atoms with E-state index in [4.69, 9.17) is 4.74 Å². The van der Waals surface area contributed by atoms with Gasteiger partial charge < -0.3 is 14.6 Å². The number of rotatable bonds is 8. The lowest BCUT2D eigenvalue weighted by atomic mass is 10.2. The Balaban J connectivity index is 1.77. The van der Waals surface area contributed by atoms with Crippen LogP contribution in [0.5, 0.6) is 0 Å². The maximum atomic E-state index is 12.6. The second-order valence-corrected chi connectivity index (χ2v) is 8.79. The average Bonchev–Trinajstić information content (AvgIpc) is 3.06. The fourth-order valence-electron chi connectivity index (χ4n) is 3.22. The molecule has 1 heterocycles. The summed E-state index contributed by atoms with van der Waals surface area (Å²) in [5.74, 6) is -0.406. The van der Waals surface area contributed by atoms with Crippen molar-refractivity contribution in [3.63, 3.8) is 0 Å². The van der Waals surface area contributed by atoms with Crippen LogP contribution < -0.4 is 9.62 Å². The summed E-state index contributed by atoms with van der Waals surface area (Å²) >= 11 is 0. The van der Waals surface area contributed by atoms with Crippen LogP contribution in [0.1, 0.15) is 5.56 Å². The maximum absolute atomic E-state index is 12.6. The summed E-state index contributed by atoms with van der Waals surface area (Å²) in [6.45, 7) is 2.87. The van der Waals surface area contributed by atoms with Crippen molar-refractivity contribution < 1.29 is 17.9 Å². The van der Waals surface area contributed by atoms with Crippen molar-refractivity contribution in [2.24, 2.45) is 0 Å². The molecule has 0 saturated carbocycles. The van der Waals surface area contributed by atoms with Gasteiger partial charge in [0.1, 0.15) is 6.54 Å². The van der Waals surface area contributed by atoms with Gasteiger partial charge in [-0.1, -0.05) is 18.2 Å². The first-order chi connectivity index (χ1) is 13.8. The third kappa shape index (κ3) is 4.96. The molecule has 8 heteroatoms. The van der Waals surface area contributed by atoms with E-state index in [1.165, 1.54) is 0 Å². The van der Waals surface area contributed by atoms with Crippen LogP contribution in [-0.2, 0) is 26.1 Å². The second-order valence-electron chi connectivity index (χ2n) is 6.88. The molecular formula is C21H25N3O4S. The molecule has 2 aromatic carbocycles. The van der Waals surface area contributed by atoms with E-state index in [1.807, 2.05) is 49.5 Å². The molecule has 0 bridgehead atoms. The van der Waals surface area contributed by atoms with E-state index in [9.17, 15) is 13.2 Å². The summed E-state index contributed by atoms with van der Waals surface area (Å²) in [5, 5.41) is 3.78. The van der Waals surface area contributed by atoms with Gasteiger partial charge in [-0.05, 0) is 42.8 Å². The van der Waals surface area contributed by atoms with Gasteiger partial charge in [0, 0.05) is 36.4 Å². The molecule has 0 spiro atoms. The van der Waals surface area contributed by atoms with E-state index in [1.54, 1.807) is 19.2 Å². The van der Waals surface area contributed by atoms with E-state index in [0.29, 0.717) is 18.0 Å². The van der Waals surface area contributed by atoms with Crippen LogP contribution in [0, 0.1) is 6.92 Å². The number of anilines is 2. The van der Waals surface area contributed by atoms with E-state index in [-0.39, 0.29) is 6.54 Å². The van der Waals surface area contributed by atoms with Gasteiger partial charge in [0.05, 0.1) is 18.6 Å². The Morgan fingerprint density at radius 1 is 1.17 bits per heavy atom. The van der Waals surface area contributed by atoms with Gasteiger partial charge in [0.15, 0.2) is 0 Å². The molecule has 0 fully saturated rings. The summed E-state index contributed by atoms with van der Waals surface area (Å²) in [4.78, 5) is 12.6. The minimum Gasteiger partial charge on any atom is -0.383 e. The predicted octanol–water partition coefficient (Wildman–Crippen LogP) is 3.00. The van der Waals surface area contributed by atoms with Gasteiger partial charge in [-0.15, -0.1) is 0 Å². The van der Waals surface area contributed by atoms with Crippen molar-refractivity contribution >= 4 is 38.2 Å². The Bertz CT molecular complexity index is 1120. The van der Waals surface area contributed by atoms with E-state index in [0.717, 1.165) is 33.6 Å². The Hall–Kier alpha value is -2.84. The van der Waals surface area contributed by atoms with Crippen LogP contribution in [0.3, 0.4) is 0 Å². The van der Waals surface area contributed by atoms with Crippen molar-refractivity contribution in [2.75, 3.05) is 36.1 Å². The zero-order valence-electron chi connectivity index (χ0n) is 16.8. The van der Waals surface area contributed by atoms with Crippen molar-refractivity contribution in [3.05, 3.63) is 60.3 Å². The number of nitrogens with one attached hydrogen (secondary N) is 1. The standard InChI is InChI=1S/C21H25N3O4S/c1-16-6-4-5-7-19(16)24(29(3,26)27)15-21(25)22-18-8-9-20-17(14-18)10-11-23(20)12-13-28-2/h4-11,14H,12-13,15H2,1-3H3,(H,22,25). The van der Waals surface area contributed by atoms with Crippen molar-refractivity contribution in [1.82, 2.24) is 4.57 Å². The molecule has 1 N–H and O–H groups in total. The number of aryl methyl sites for hydroxylation is 1.